The summed E-state index contributed by atoms with van der Waals surface area (Å²) in [7, 11) is 0. The topological polar surface area (TPSA) is 24.1 Å². The van der Waals surface area contributed by atoms with Crippen LogP contribution in [0.3, 0.4) is 0 Å². The van der Waals surface area contributed by atoms with Crippen molar-refractivity contribution in [2.75, 3.05) is 13.1 Å². The van der Waals surface area contributed by atoms with E-state index in [2.05, 4.69) is 95.6 Å². The van der Waals surface area contributed by atoms with Crippen molar-refractivity contribution >= 4 is 21.5 Å². The Morgan fingerprint density at radius 3 is 1.33 bits per heavy atom. The molecule has 30 heavy (non-hydrogen) atoms. The molecule has 4 rings (SSSR count). The average molecular weight is 397 g/mol. The largest absolute Gasteiger partial charge is 0.313 e. The Hall–Kier alpha value is -2.68. The van der Waals surface area contributed by atoms with E-state index in [1.54, 1.807) is 0 Å². The maximum atomic E-state index is 3.59. The van der Waals surface area contributed by atoms with E-state index in [4.69, 9.17) is 0 Å². The molecule has 2 N–H and O–H groups in total. The van der Waals surface area contributed by atoms with Gasteiger partial charge in [-0.25, -0.2) is 0 Å². The van der Waals surface area contributed by atoms with Gasteiger partial charge in [0.25, 0.3) is 0 Å². The molecule has 0 radical (unpaired) electrons. The second-order valence-electron chi connectivity index (χ2n) is 8.13. The number of fused-ring (bicyclic) bond motifs is 2. The first-order valence-electron chi connectivity index (χ1n) is 11.3. The molecule has 154 valence electrons. The molecule has 0 aliphatic heterocycles. The minimum absolute atomic E-state index is 0.956. The Kier molecular flexibility index (Phi) is 7.49. The van der Waals surface area contributed by atoms with Crippen molar-refractivity contribution in [3.63, 3.8) is 0 Å². The Morgan fingerprint density at radius 2 is 0.867 bits per heavy atom. The predicted molar refractivity (Wildman–Crippen MR) is 130 cm³/mol. The quantitative estimate of drug-likeness (QED) is 0.285. The molecule has 0 atom stereocenters. The van der Waals surface area contributed by atoms with Crippen LogP contribution in [-0.4, -0.2) is 13.1 Å². The fourth-order valence-electron chi connectivity index (χ4n) is 4.02. The van der Waals surface area contributed by atoms with E-state index in [9.17, 15) is 0 Å². The summed E-state index contributed by atoms with van der Waals surface area (Å²) >= 11 is 0. The summed E-state index contributed by atoms with van der Waals surface area (Å²) in [6, 6.07) is 30.6. The lowest BCUT2D eigenvalue weighted by atomic mass is 10.1. The molecule has 0 aliphatic rings. The van der Waals surface area contributed by atoms with Gasteiger partial charge in [0.2, 0.25) is 0 Å². The van der Waals surface area contributed by atoms with Crippen LogP contribution in [0.4, 0.5) is 0 Å². The molecule has 0 saturated carbocycles. The standard InChI is InChI=1S/C28H32N2/c1(7-17-29-21-23-13-15-25-9-3-5-11-27(25)19-23)2-8-18-30-22-24-14-16-26-10-4-6-12-28(26)20-24/h3-6,9-16,19-20,29-30H,1-2,7-8,17-18,21-22H2. The van der Waals surface area contributed by atoms with E-state index in [0.29, 0.717) is 0 Å². The molecule has 4 aromatic carbocycles. The van der Waals surface area contributed by atoms with Crippen LogP contribution in [-0.2, 0) is 13.1 Å². The van der Waals surface area contributed by atoms with Gasteiger partial charge in [0.1, 0.15) is 0 Å². The van der Waals surface area contributed by atoms with Gasteiger partial charge in [0.05, 0.1) is 0 Å². The third-order valence-electron chi connectivity index (χ3n) is 5.74. The van der Waals surface area contributed by atoms with Crippen molar-refractivity contribution in [2.24, 2.45) is 0 Å². The lowest BCUT2D eigenvalue weighted by Crippen LogP contribution is -2.16. The Balaban J connectivity index is 1.05. The van der Waals surface area contributed by atoms with Crippen LogP contribution in [0.25, 0.3) is 21.5 Å². The Morgan fingerprint density at radius 1 is 0.433 bits per heavy atom. The average Bonchev–Trinajstić information content (AvgIpc) is 2.80. The summed E-state index contributed by atoms with van der Waals surface area (Å²) in [6.07, 6.45) is 5.08. The molecule has 4 aromatic rings. The SMILES string of the molecule is c1ccc2cc(CNCCCCCCNCc3ccc4ccccc4c3)ccc2c1. The lowest BCUT2D eigenvalue weighted by molar-refractivity contribution is 0.563. The maximum absolute atomic E-state index is 3.59. The molecule has 2 nitrogen and oxygen atoms in total. The van der Waals surface area contributed by atoms with Crippen molar-refractivity contribution < 1.29 is 0 Å². The summed E-state index contributed by atoms with van der Waals surface area (Å²) in [5.74, 6) is 0. The molecule has 0 aromatic heterocycles. The number of rotatable bonds is 11. The zero-order valence-corrected chi connectivity index (χ0v) is 17.7. The van der Waals surface area contributed by atoms with Crippen LogP contribution in [0.1, 0.15) is 36.8 Å². The summed E-state index contributed by atoms with van der Waals surface area (Å²) < 4.78 is 0. The normalized spacial score (nSPS) is 11.3. The first-order chi connectivity index (χ1) is 14.9. The second kappa shape index (κ2) is 10.9. The predicted octanol–water partition coefficient (Wildman–Crippen LogP) is 6.43. The van der Waals surface area contributed by atoms with Crippen LogP contribution in [0, 0.1) is 0 Å². The number of hydrogen-bond acceptors (Lipinski definition) is 2. The van der Waals surface area contributed by atoms with Gasteiger partial charge >= 0.3 is 0 Å². The highest BCUT2D eigenvalue weighted by atomic mass is 14.8. The molecule has 0 spiro atoms. The van der Waals surface area contributed by atoms with Crippen molar-refractivity contribution in [2.45, 2.75) is 38.8 Å². The smallest absolute Gasteiger partial charge is 0.0205 e. The van der Waals surface area contributed by atoms with E-state index < -0.39 is 0 Å². The van der Waals surface area contributed by atoms with Gasteiger partial charge in [0.15, 0.2) is 0 Å². The van der Waals surface area contributed by atoms with Crippen molar-refractivity contribution in [1.29, 1.82) is 0 Å². The molecular formula is C28H32N2. The van der Waals surface area contributed by atoms with E-state index >= 15 is 0 Å². The van der Waals surface area contributed by atoms with Gasteiger partial charge in [-0.15, -0.1) is 0 Å². The lowest BCUT2D eigenvalue weighted by Gasteiger charge is -2.08. The molecule has 0 saturated heterocycles. The summed E-state index contributed by atoms with van der Waals surface area (Å²) in [5, 5.41) is 12.5. The van der Waals surface area contributed by atoms with E-state index in [1.807, 2.05) is 0 Å². The van der Waals surface area contributed by atoms with Crippen molar-refractivity contribution in [1.82, 2.24) is 10.6 Å². The van der Waals surface area contributed by atoms with Crippen LogP contribution >= 0.6 is 0 Å². The minimum Gasteiger partial charge on any atom is -0.313 e. The molecule has 0 bridgehead atoms. The van der Waals surface area contributed by atoms with Crippen LogP contribution < -0.4 is 10.6 Å². The fourth-order valence-corrected chi connectivity index (χ4v) is 4.02. The van der Waals surface area contributed by atoms with Crippen molar-refractivity contribution in [3.8, 4) is 0 Å². The Bertz CT molecular complexity index is 983. The van der Waals surface area contributed by atoms with Gasteiger partial charge in [0, 0.05) is 13.1 Å². The zero-order chi connectivity index (χ0) is 20.4. The van der Waals surface area contributed by atoms with Crippen LogP contribution in [0.15, 0.2) is 84.9 Å². The highest BCUT2D eigenvalue weighted by Gasteiger charge is 1.98. The third kappa shape index (κ3) is 5.91. The molecule has 0 aliphatic carbocycles. The molecule has 2 heteroatoms. The first kappa shape index (κ1) is 20.6. The minimum atomic E-state index is 0.956. The number of nitrogens with one attached hydrogen (secondary N) is 2. The highest BCUT2D eigenvalue weighted by Crippen LogP contribution is 2.16. The van der Waals surface area contributed by atoms with Gasteiger partial charge in [-0.3, -0.25) is 0 Å². The van der Waals surface area contributed by atoms with Crippen LogP contribution in [0.2, 0.25) is 0 Å². The number of benzene rings is 4. The maximum Gasteiger partial charge on any atom is 0.0205 e. The second-order valence-corrected chi connectivity index (χ2v) is 8.13. The first-order valence-corrected chi connectivity index (χ1v) is 11.3. The highest BCUT2D eigenvalue weighted by molar-refractivity contribution is 5.83. The summed E-state index contributed by atoms with van der Waals surface area (Å²) in [5.41, 5.74) is 2.73. The van der Waals surface area contributed by atoms with Gasteiger partial charge in [-0.1, -0.05) is 85.6 Å². The van der Waals surface area contributed by atoms with Crippen LogP contribution in [0.5, 0.6) is 0 Å². The molecule has 0 heterocycles. The van der Waals surface area contributed by atoms with E-state index in [0.717, 1.165) is 26.2 Å². The molecular weight excluding hydrogens is 364 g/mol. The summed E-state index contributed by atoms with van der Waals surface area (Å²) in [6.45, 7) is 4.10. The van der Waals surface area contributed by atoms with Gasteiger partial charge in [-0.05, 0) is 70.7 Å². The summed E-state index contributed by atoms with van der Waals surface area (Å²) in [4.78, 5) is 0. The van der Waals surface area contributed by atoms with Gasteiger partial charge < -0.3 is 10.6 Å². The van der Waals surface area contributed by atoms with Crippen molar-refractivity contribution in [3.05, 3.63) is 96.1 Å². The molecule has 0 unspecified atom stereocenters. The van der Waals surface area contributed by atoms with Gasteiger partial charge in [-0.2, -0.15) is 0 Å². The number of unbranched alkanes of at least 4 members (excludes halogenated alkanes) is 3. The Labute approximate surface area is 180 Å². The number of hydrogen-bond donors (Lipinski definition) is 2. The fraction of sp³-hybridized carbons (Fsp3) is 0.286. The zero-order valence-electron chi connectivity index (χ0n) is 17.7. The van der Waals surface area contributed by atoms with E-state index in [-0.39, 0.29) is 0 Å². The monoisotopic (exact) mass is 396 g/mol. The van der Waals surface area contributed by atoms with E-state index in [1.165, 1.54) is 58.4 Å². The molecule has 0 amide bonds. The molecule has 0 fully saturated rings. The third-order valence-corrected chi connectivity index (χ3v) is 5.74.